The van der Waals surface area contributed by atoms with Gasteiger partial charge < -0.3 is 0 Å². The van der Waals surface area contributed by atoms with E-state index in [1.807, 2.05) is 0 Å². The zero-order valence-corrected chi connectivity index (χ0v) is 11.7. The number of halogens is 5. The smallest absolute Gasteiger partial charge is 2.00 e. The van der Waals surface area contributed by atoms with Crippen molar-refractivity contribution in [2.24, 2.45) is 0 Å². The van der Waals surface area contributed by atoms with Crippen LogP contribution < -0.4 is 0 Å². The van der Waals surface area contributed by atoms with Gasteiger partial charge in [0.1, 0.15) is 0 Å². The molecular formula is C13H10F5FeO2+. The minimum Gasteiger partial charge on any atom is 2.00 e. The Kier molecular flexibility index (Phi) is 18.1. The molecule has 0 aliphatic heterocycles. The summed E-state index contributed by atoms with van der Waals surface area (Å²) in [4.78, 5) is 0. The molecule has 1 saturated carbocycles. The molecule has 0 amide bonds. The van der Waals surface area contributed by atoms with Crippen LogP contribution in [0.3, 0.4) is 0 Å². The zero-order valence-electron chi connectivity index (χ0n) is 10.6. The molecule has 0 atom stereocenters. The third kappa shape index (κ3) is 9.42. The summed E-state index contributed by atoms with van der Waals surface area (Å²) in [6.45, 7) is 9.00. The summed E-state index contributed by atoms with van der Waals surface area (Å²) >= 11 is 0. The summed E-state index contributed by atoms with van der Waals surface area (Å²) in [5.74, 6) is -10.0. The van der Waals surface area contributed by atoms with Gasteiger partial charge in [-0.15, -0.1) is 6.07 Å². The standard InChI is InChI=1S/C6F5.C5H10.2CO.Fe/c7-2-1-3(8)5(10)6(11)4(2)9;1-2-4-5-3-1;2*1-2;/h;1-5H2;;;/q-1;;;;+2. The maximum absolute atomic E-state index is 12.0. The first kappa shape index (κ1) is 24.9. The molecule has 1 fully saturated rings. The van der Waals surface area contributed by atoms with Gasteiger partial charge in [0.2, 0.25) is 0 Å². The summed E-state index contributed by atoms with van der Waals surface area (Å²) in [5, 5.41) is 0. The summed E-state index contributed by atoms with van der Waals surface area (Å²) in [6, 6.07) is 1.02. The average Bonchev–Trinajstić information content (AvgIpc) is 3.07. The topological polar surface area (TPSA) is 39.8 Å². The van der Waals surface area contributed by atoms with Gasteiger partial charge in [0.05, 0.1) is 29.1 Å². The molecule has 1 aromatic carbocycles. The van der Waals surface area contributed by atoms with Gasteiger partial charge in [0.15, 0.2) is 0 Å². The Hall–Kier alpha value is -1.13. The average molecular weight is 349 g/mol. The van der Waals surface area contributed by atoms with E-state index in [0.717, 1.165) is 6.07 Å². The molecule has 0 spiro atoms. The first-order valence-electron chi connectivity index (χ1n) is 5.35. The Labute approximate surface area is 129 Å². The number of benzene rings is 1. The van der Waals surface area contributed by atoms with E-state index in [9.17, 15) is 22.0 Å². The predicted octanol–water partition coefficient (Wildman–Crippen LogP) is 4.06. The molecule has 0 aromatic heterocycles. The fraction of sp³-hybridized carbons (Fsp3) is 0.385. The molecule has 0 heterocycles. The molecule has 8 heteroatoms. The van der Waals surface area contributed by atoms with E-state index in [1.165, 1.54) is 32.1 Å². The zero-order chi connectivity index (χ0) is 16.1. The quantitative estimate of drug-likeness (QED) is 0.169. The van der Waals surface area contributed by atoms with Gasteiger partial charge in [-0.05, 0) is 0 Å². The van der Waals surface area contributed by atoms with Gasteiger partial charge >= 0.3 is 39.7 Å². The summed E-state index contributed by atoms with van der Waals surface area (Å²) in [6.07, 6.45) is 7.50. The van der Waals surface area contributed by atoms with Crippen molar-refractivity contribution in [2.75, 3.05) is 0 Å². The van der Waals surface area contributed by atoms with Crippen LogP contribution in [0.2, 0.25) is 0 Å². The van der Waals surface area contributed by atoms with Crippen LogP contribution in [-0.4, -0.2) is 0 Å². The Morgan fingerprint density at radius 2 is 0.857 bits per heavy atom. The molecule has 2 nitrogen and oxygen atoms in total. The van der Waals surface area contributed by atoms with Gasteiger partial charge in [0, 0.05) is 0 Å². The van der Waals surface area contributed by atoms with Gasteiger partial charge in [-0.2, -0.15) is 0 Å². The second kappa shape index (κ2) is 15.3. The van der Waals surface area contributed by atoms with Crippen LogP contribution in [0.25, 0.3) is 0 Å². The second-order valence-electron chi connectivity index (χ2n) is 3.46. The van der Waals surface area contributed by atoms with Crippen molar-refractivity contribution < 1.29 is 48.3 Å². The first-order valence-corrected chi connectivity index (χ1v) is 5.35. The van der Waals surface area contributed by atoms with E-state index >= 15 is 0 Å². The Bertz CT molecular complexity index is 405. The SMILES string of the molecule is C1CCCC1.Fc1[c-]c(F)c(F)c(F)c1F.[C-]#[O+].[C-]#[O+].[Fe+2]. The summed E-state index contributed by atoms with van der Waals surface area (Å²) in [7, 11) is 0. The van der Waals surface area contributed by atoms with E-state index in [4.69, 9.17) is 9.30 Å². The van der Waals surface area contributed by atoms with E-state index < -0.39 is 29.1 Å². The molecule has 1 aliphatic carbocycles. The minimum atomic E-state index is -2.17. The van der Waals surface area contributed by atoms with E-state index in [0.29, 0.717) is 0 Å². The van der Waals surface area contributed by atoms with Crippen molar-refractivity contribution in [3.63, 3.8) is 0 Å². The molecule has 0 unspecified atom stereocenters. The van der Waals surface area contributed by atoms with Crippen molar-refractivity contribution in [1.82, 2.24) is 0 Å². The molecular weight excluding hydrogens is 339 g/mol. The largest absolute Gasteiger partial charge is 2.00 e. The van der Waals surface area contributed by atoms with Crippen LogP contribution in [0.1, 0.15) is 32.1 Å². The van der Waals surface area contributed by atoms with E-state index in [2.05, 4.69) is 13.3 Å². The third-order valence-electron chi connectivity index (χ3n) is 2.24. The summed E-state index contributed by atoms with van der Waals surface area (Å²) in [5.41, 5.74) is 0. The molecule has 0 N–H and O–H groups in total. The Morgan fingerprint density at radius 1 is 0.619 bits per heavy atom. The third-order valence-corrected chi connectivity index (χ3v) is 2.24. The predicted molar refractivity (Wildman–Crippen MR) is 56.0 cm³/mol. The maximum atomic E-state index is 12.0. The van der Waals surface area contributed by atoms with Gasteiger partial charge in [-0.3, -0.25) is 8.78 Å². The van der Waals surface area contributed by atoms with Gasteiger partial charge in [-0.25, -0.2) is 13.2 Å². The normalized spacial score (nSPS) is 11.3. The van der Waals surface area contributed by atoms with Crippen molar-refractivity contribution in [2.45, 2.75) is 32.1 Å². The number of hydrogen-bond donors (Lipinski definition) is 0. The fourth-order valence-corrected chi connectivity index (χ4v) is 1.38. The van der Waals surface area contributed by atoms with Crippen LogP contribution >= 0.6 is 0 Å². The summed E-state index contributed by atoms with van der Waals surface area (Å²) < 4.78 is 74.9. The molecule has 0 saturated heterocycles. The first-order chi connectivity index (χ1) is 9.54. The fourth-order valence-electron chi connectivity index (χ4n) is 1.38. The maximum Gasteiger partial charge on any atom is 2.00 e. The molecule has 21 heavy (non-hydrogen) atoms. The molecule has 0 radical (unpaired) electrons. The van der Waals surface area contributed by atoms with Crippen LogP contribution in [0.4, 0.5) is 22.0 Å². The van der Waals surface area contributed by atoms with Crippen LogP contribution in [0, 0.1) is 48.5 Å². The molecule has 2 rings (SSSR count). The molecule has 1 aliphatic rings. The molecule has 0 bridgehead atoms. The number of rotatable bonds is 0. The van der Waals surface area contributed by atoms with Gasteiger partial charge in [0.25, 0.3) is 0 Å². The second-order valence-corrected chi connectivity index (χ2v) is 3.46. The molecule has 116 valence electrons. The monoisotopic (exact) mass is 349 g/mol. The van der Waals surface area contributed by atoms with Crippen LogP contribution in [-0.2, 0) is 26.4 Å². The van der Waals surface area contributed by atoms with Crippen molar-refractivity contribution in [3.05, 3.63) is 48.5 Å². The van der Waals surface area contributed by atoms with Crippen molar-refractivity contribution in [1.29, 1.82) is 0 Å². The molecule has 1 aromatic rings. The van der Waals surface area contributed by atoms with Crippen molar-refractivity contribution >= 4 is 0 Å². The Balaban J connectivity index is -0.000000273. The van der Waals surface area contributed by atoms with Crippen LogP contribution in [0.5, 0.6) is 0 Å². The van der Waals surface area contributed by atoms with E-state index in [1.54, 1.807) is 0 Å². The van der Waals surface area contributed by atoms with E-state index in [-0.39, 0.29) is 17.1 Å². The Morgan fingerprint density at radius 3 is 1.10 bits per heavy atom. The minimum absolute atomic E-state index is 0. The van der Waals surface area contributed by atoms with Gasteiger partial charge in [-0.1, -0.05) is 32.1 Å². The number of hydrogen-bond acceptors (Lipinski definition) is 0. The van der Waals surface area contributed by atoms with Crippen LogP contribution in [0.15, 0.2) is 0 Å². The van der Waals surface area contributed by atoms with Crippen molar-refractivity contribution in [3.8, 4) is 0 Å².